The second kappa shape index (κ2) is 10.4. The van der Waals surface area contributed by atoms with Crippen LogP contribution in [0.1, 0.15) is 39.5 Å². The van der Waals surface area contributed by atoms with Gasteiger partial charge in [-0.2, -0.15) is 11.0 Å². The first-order valence-corrected chi connectivity index (χ1v) is 5.60. The minimum atomic E-state index is -1.04. The van der Waals surface area contributed by atoms with Gasteiger partial charge in [0, 0.05) is 13.1 Å². The van der Waals surface area contributed by atoms with Gasteiger partial charge in [0.2, 0.25) is 0 Å². The van der Waals surface area contributed by atoms with E-state index >= 15 is 0 Å². The first-order valence-electron chi connectivity index (χ1n) is 5.60. The van der Waals surface area contributed by atoms with Gasteiger partial charge in [0.15, 0.2) is 0 Å². The van der Waals surface area contributed by atoms with Gasteiger partial charge in [-0.1, -0.05) is 26.7 Å². The van der Waals surface area contributed by atoms with E-state index in [2.05, 4.69) is 20.6 Å². The molecule has 6 nitrogen and oxygen atoms in total. The Kier molecular flexibility index (Phi) is 9.64. The molecule has 0 spiro atoms. The molecule has 0 aliphatic rings. The zero-order valence-corrected chi connectivity index (χ0v) is 9.88. The van der Waals surface area contributed by atoms with Crippen LogP contribution in [0.5, 0.6) is 0 Å². The van der Waals surface area contributed by atoms with E-state index < -0.39 is 11.9 Å². The minimum absolute atomic E-state index is 0.527. The standard InChI is InChI=1S/C10H20N2O4/c1-3-5-7-11-15-9(13)10(14)16-12-8-6-4-2/h11-12H,3-8H2,1-2H3. The molecule has 94 valence electrons. The number of rotatable bonds is 8. The van der Waals surface area contributed by atoms with Gasteiger partial charge in [-0.3, -0.25) is 0 Å². The Hall–Kier alpha value is -1.14. The van der Waals surface area contributed by atoms with Crippen molar-refractivity contribution >= 4 is 11.9 Å². The van der Waals surface area contributed by atoms with Crippen molar-refractivity contribution in [3.8, 4) is 0 Å². The van der Waals surface area contributed by atoms with Gasteiger partial charge in [-0.25, -0.2) is 9.59 Å². The normalized spacial score (nSPS) is 9.88. The maximum Gasteiger partial charge on any atom is 0.437 e. The highest BCUT2D eigenvalue weighted by Crippen LogP contribution is 1.86. The van der Waals surface area contributed by atoms with Gasteiger partial charge in [0.25, 0.3) is 0 Å². The topological polar surface area (TPSA) is 76.7 Å². The maximum absolute atomic E-state index is 11.0. The molecule has 0 saturated heterocycles. The molecule has 0 bridgehead atoms. The van der Waals surface area contributed by atoms with Crippen molar-refractivity contribution in [1.29, 1.82) is 0 Å². The molecule has 0 atom stereocenters. The second-order valence-corrected chi connectivity index (χ2v) is 3.27. The van der Waals surface area contributed by atoms with Crippen molar-refractivity contribution < 1.29 is 19.3 Å². The van der Waals surface area contributed by atoms with Crippen LogP contribution in [0.2, 0.25) is 0 Å². The summed E-state index contributed by atoms with van der Waals surface area (Å²) in [5.41, 5.74) is 4.78. The van der Waals surface area contributed by atoms with E-state index in [-0.39, 0.29) is 0 Å². The van der Waals surface area contributed by atoms with Crippen molar-refractivity contribution in [3.05, 3.63) is 0 Å². The Labute approximate surface area is 95.6 Å². The third-order valence-electron chi connectivity index (χ3n) is 1.76. The molecule has 0 amide bonds. The molecule has 16 heavy (non-hydrogen) atoms. The van der Waals surface area contributed by atoms with Crippen molar-refractivity contribution in [2.45, 2.75) is 39.5 Å². The van der Waals surface area contributed by atoms with Crippen molar-refractivity contribution in [1.82, 2.24) is 11.0 Å². The molecule has 0 aromatic rings. The largest absolute Gasteiger partial charge is 0.437 e. The molecular formula is C10H20N2O4. The minimum Gasteiger partial charge on any atom is -0.362 e. The summed E-state index contributed by atoms with van der Waals surface area (Å²) in [6.45, 7) is 5.07. The molecule has 0 heterocycles. The van der Waals surface area contributed by atoms with Crippen LogP contribution in [0, 0.1) is 0 Å². The van der Waals surface area contributed by atoms with Crippen LogP contribution >= 0.6 is 0 Å². The smallest absolute Gasteiger partial charge is 0.362 e. The van der Waals surface area contributed by atoms with Crippen LogP contribution in [0.15, 0.2) is 0 Å². The van der Waals surface area contributed by atoms with Crippen LogP contribution in [0.4, 0.5) is 0 Å². The van der Waals surface area contributed by atoms with E-state index in [9.17, 15) is 9.59 Å². The summed E-state index contributed by atoms with van der Waals surface area (Å²) in [6, 6.07) is 0. The number of carbonyl (C=O) groups is 2. The van der Waals surface area contributed by atoms with Crippen molar-refractivity contribution in [2.24, 2.45) is 0 Å². The van der Waals surface area contributed by atoms with Crippen molar-refractivity contribution in [3.63, 3.8) is 0 Å². The highest BCUT2D eigenvalue weighted by molar-refractivity contribution is 6.29. The monoisotopic (exact) mass is 232 g/mol. The highest BCUT2D eigenvalue weighted by atomic mass is 16.7. The number of nitrogens with one attached hydrogen (secondary N) is 2. The molecule has 0 unspecified atom stereocenters. The average Bonchev–Trinajstić information content (AvgIpc) is 2.29. The van der Waals surface area contributed by atoms with E-state index in [0.29, 0.717) is 13.1 Å². The Morgan fingerprint density at radius 2 is 1.25 bits per heavy atom. The van der Waals surface area contributed by atoms with Crippen molar-refractivity contribution in [2.75, 3.05) is 13.1 Å². The Balaban J connectivity index is 3.46. The van der Waals surface area contributed by atoms with E-state index in [1.807, 2.05) is 13.8 Å². The fourth-order valence-electron chi connectivity index (χ4n) is 0.814. The summed E-state index contributed by atoms with van der Waals surface area (Å²) in [5, 5.41) is 0. The summed E-state index contributed by atoms with van der Waals surface area (Å²) in [5.74, 6) is -2.08. The lowest BCUT2D eigenvalue weighted by Gasteiger charge is -2.05. The lowest BCUT2D eigenvalue weighted by molar-refractivity contribution is -0.176. The van der Waals surface area contributed by atoms with Gasteiger partial charge in [-0.05, 0) is 12.8 Å². The van der Waals surface area contributed by atoms with Gasteiger partial charge in [-0.15, -0.1) is 0 Å². The molecule has 0 aliphatic heterocycles. The molecule has 0 aromatic carbocycles. The quantitative estimate of drug-likeness (QED) is 0.364. The molecule has 0 aromatic heterocycles. The molecule has 0 aliphatic carbocycles. The summed E-state index contributed by atoms with van der Waals surface area (Å²) in [7, 11) is 0. The van der Waals surface area contributed by atoms with E-state index in [1.165, 1.54) is 0 Å². The van der Waals surface area contributed by atoms with Crippen LogP contribution in [0.3, 0.4) is 0 Å². The van der Waals surface area contributed by atoms with Gasteiger partial charge in [0.05, 0.1) is 0 Å². The fourth-order valence-corrected chi connectivity index (χ4v) is 0.814. The number of hydrogen-bond donors (Lipinski definition) is 2. The van der Waals surface area contributed by atoms with E-state index in [0.717, 1.165) is 25.7 Å². The first kappa shape index (κ1) is 14.9. The Morgan fingerprint density at radius 1 is 0.875 bits per heavy atom. The number of hydroxylamine groups is 2. The number of unbranched alkanes of at least 4 members (excludes halogenated alkanes) is 2. The molecule has 2 N–H and O–H groups in total. The van der Waals surface area contributed by atoms with Crippen LogP contribution in [-0.4, -0.2) is 25.0 Å². The molecule has 0 saturated carbocycles. The average molecular weight is 232 g/mol. The third-order valence-corrected chi connectivity index (χ3v) is 1.76. The summed E-state index contributed by atoms with van der Waals surface area (Å²) < 4.78 is 0. The summed E-state index contributed by atoms with van der Waals surface area (Å²) in [6.07, 6.45) is 3.70. The number of carbonyl (C=O) groups excluding carboxylic acids is 2. The molecule has 0 rings (SSSR count). The SMILES string of the molecule is CCCCNOC(=O)C(=O)ONCCCC. The lowest BCUT2D eigenvalue weighted by Crippen LogP contribution is -2.32. The summed E-state index contributed by atoms with van der Waals surface area (Å²) >= 11 is 0. The van der Waals surface area contributed by atoms with Gasteiger partial charge < -0.3 is 9.68 Å². The molecule has 6 heteroatoms. The Bertz CT molecular complexity index is 187. The van der Waals surface area contributed by atoms with Crippen LogP contribution in [-0.2, 0) is 19.3 Å². The predicted molar refractivity (Wildman–Crippen MR) is 58.0 cm³/mol. The zero-order chi connectivity index (χ0) is 12.2. The van der Waals surface area contributed by atoms with Gasteiger partial charge in [0.1, 0.15) is 0 Å². The molecular weight excluding hydrogens is 212 g/mol. The summed E-state index contributed by atoms with van der Waals surface area (Å²) in [4.78, 5) is 30.9. The highest BCUT2D eigenvalue weighted by Gasteiger charge is 2.17. The maximum atomic E-state index is 11.0. The lowest BCUT2D eigenvalue weighted by atomic mass is 10.3. The first-order chi connectivity index (χ1) is 7.72. The number of hydrogen-bond acceptors (Lipinski definition) is 6. The predicted octanol–water partition coefficient (Wildman–Crippen LogP) is 0.682. The molecule has 0 radical (unpaired) electrons. The van der Waals surface area contributed by atoms with Gasteiger partial charge >= 0.3 is 11.9 Å². The van der Waals surface area contributed by atoms with Crippen LogP contribution < -0.4 is 11.0 Å². The van der Waals surface area contributed by atoms with E-state index in [1.54, 1.807) is 0 Å². The fraction of sp³-hybridized carbons (Fsp3) is 0.800. The van der Waals surface area contributed by atoms with E-state index in [4.69, 9.17) is 0 Å². The van der Waals surface area contributed by atoms with Crippen LogP contribution in [0.25, 0.3) is 0 Å². The molecule has 0 fully saturated rings. The zero-order valence-electron chi connectivity index (χ0n) is 9.88. The second-order valence-electron chi connectivity index (χ2n) is 3.27. The Morgan fingerprint density at radius 3 is 1.56 bits per heavy atom. The third kappa shape index (κ3) is 8.19.